The second-order valence-corrected chi connectivity index (χ2v) is 5.86. The number of rotatable bonds is 3. The normalized spacial score (nSPS) is 36.2. The maximum absolute atomic E-state index is 11.7. The van der Waals surface area contributed by atoms with Gasteiger partial charge in [-0.3, -0.25) is 4.79 Å². The van der Waals surface area contributed by atoms with E-state index in [0.717, 1.165) is 13.0 Å². The van der Waals surface area contributed by atoms with Gasteiger partial charge in [-0.15, -0.1) is 0 Å². The first-order valence-electron chi connectivity index (χ1n) is 6.19. The van der Waals surface area contributed by atoms with Crippen molar-refractivity contribution in [3.63, 3.8) is 0 Å². The number of nitrogens with two attached hydrogens (primary N) is 1. The number of carbonyl (C=O) groups excluding carboxylic acids is 1. The lowest BCUT2D eigenvalue weighted by Crippen LogP contribution is -2.69. The second kappa shape index (κ2) is 4.55. The van der Waals surface area contributed by atoms with Gasteiger partial charge in [-0.2, -0.15) is 0 Å². The lowest BCUT2D eigenvalue weighted by atomic mass is 9.72. The number of amides is 1. The molecule has 0 aromatic heterocycles. The van der Waals surface area contributed by atoms with Crippen molar-refractivity contribution < 1.29 is 14.3 Å². The number of carbonyl (C=O) groups is 1. The van der Waals surface area contributed by atoms with Crippen molar-refractivity contribution in [2.75, 3.05) is 13.2 Å². The predicted octanol–water partition coefficient (Wildman–Crippen LogP) is 0.0323. The van der Waals surface area contributed by atoms with E-state index in [-0.39, 0.29) is 36.3 Å². The Morgan fingerprint density at radius 3 is 2.88 bits per heavy atom. The first-order chi connectivity index (χ1) is 7.88. The largest absolute Gasteiger partial charge is 0.376 e. The fourth-order valence-electron chi connectivity index (χ4n) is 2.44. The third kappa shape index (κ3) is 2.78. The molecule has 0 aromatic carbocycles. The summed E-state index contributed by atoms with van der Waals surface area (Å²) in [6, 6.07) is -0.0142. The molecule has 1 saturated heterocycles. The summed E-state index contributed by atoms with van der Waals surface area (Å²) < 4.78 is 11.0. The SMILES string of the molecule is CC(C)(C)OCC(=O)NC1C(N)C2CCOC21. The summed E-state index contributed by atoms with van der Waals surface area (Å²) in [7, 11) is 0. The highest BCUT2D eigenvalue weighted by Gasteiger charge is 2.52. The topological polar surface area (TPSA) is 73.6 Å². The van der Waals surface area contributed by atoms with Gasteiger partial charge in [0.15, 0.2) is 0 Å². The molecule has 0 radical (unpaired) electrons. The molecular weight excluding hydrogens is 220 g/mol. The highest BCUT2D eigenvalue weighted by molar-refractivity contribution is 5.78. The molecule has 0 spiro atoms. The number of hydrogen-bond donors (Lipinski definition) is 2. The van der Waals surface area contributed by atoms with Gasteiger partial charge in [0.2, 0.25) is 5.91 Å². The fraction of sp³-hybridized carbons (Fsp3) is 0.917. The van der Waals surface area contributed by atoms with Crippen LogP contribution in [-0.4, -0.2) is 42.9 Å². The molecule has 5 nitrogen and oxygen atoms in total. The Kier molecular flexibility index (Phi) is 3.43. The van der Waals surface area contributed by atoms with E-state index in [0.29, 0.717) is 5.92 Å². The Bertz CT molecular complexity index is 301. The molecule has 1 aliphatic carbocycles. The van der Waals surface area contributed by atoms with E-state index in [1.807, 2.05) is 20.8 Å². The Morgan fingerprint density at radius 2 is 2.24 bits per heavy atom. The van der Waals surface area contributed by atoms with Crippen LogP contribution in [-0.2, 0) is 14.3 Å². The van der Waals surface area contributed by atoms with Crippen molar-refractivity contribution in [3.8, 4) is 0 Å². The van der Waals surface area contributed by atoms with E-state index < -0.39 is 0 Å². The van der Waals surface area contributed by atoms with Crippen molar-refractivity contribution in [1.82, 2.24) is 5.32 Å². The van der Waals surface area contributed by atoms with Crippen LogP contribution in [0.3, 0.4) is 0 Å². The van der Waals surface area contributed by atoms with E-state index in [1.165, 1.54) is 0 Å². The van der Waals surface area contributed by atoms with Gasteiger partial charge in [0.05, 0.1) is 17.7 Å². The lowest BCUT2D eigenvalue weighted by Gasteiger charge is -2.45. The van der Waals surface area contributed by atoms with E-state index in [4.69, 9.17) is 15.2 Å². The Balaban J connectivity index is 1.76. The van der Waals surface area contributed by atoms with E-state index in [9.17, 15) is 4.79 Å². The van der Waals surface area contributed by atoms with Crippen LogP contribution < -0.4 is 11.1 Å². The van der Waals surface area contributed by atoms with Gasteiger partial charge in [-0.25, -0.2) is 0 Å². The maximum atomic E-state index is 11.7. The van der Waals surface area contributed by atoms with Gasteiger partial charge in [0, 0.05) is 18.6 Å². The summed E-state index contributed by atoms with van der Waals surface area (Å²) in [4.78, 5) is 11.7. The van der Waals surface area contributed by atoms with E-state index >= 15 is 0 Å². The first-order valence-corrected chi connectivity index (χ1v) is 6.19. The summed E-state index contributed by atoms with van der Waals surface area (Å²) in [6.45, 7) is 6.60. The van der Waals surface area contributed by atoms with Crippen molar-refractivity contribution >= 4 is 5.91 Å². The van der Waals surface area contributed by atoms with Crippen LogP contribution >= 0.6 is 0 Å². The molecule has 1 saturated carbocycles. The zero-order valence-corrected chi connectivity index (χ0v) is 10.7. The molecule has 98 valence electrons. The minimum Gasteiger partial charge on any atom is -0.376 e. The van der Waals surface area contributed by atoms with Crippen molar-refractivity contribution in [2.24, 2.45) is 11.7 Å². The van der Waals surface area contributed by atoms with Gasteiger partial charge >= 0.3 is 0 Å². The van der Waals surface area contributed by atoms with Gasteiger partial charge in [0.25, 0.3) is 0 Å². The summed E-state index contributed by atoms with van der Waals surface area (Å²) in [5.74, 6) is 0.304. The molecule has 0 bridgehead atoms. The quantitative estimate of drug-likeness (QED) is 0.732. The Hall–Kier alpha value is -0.650. The minimum atomic E-state index is -0.300. The fourth-order valence-corrected chi connectivity index (χ4v) is 2.44. The Morgan fingerprint density at radius 1 is 1.53 bits per heavy atom. The molecule has 1 amide bonds. The van der Waals surface area contributed by atoms with Crippen LogP contribution in [0.15, 0.2) is 0 Å². The molecule has 1 aliphatic heterocycles. The van der Waals surface area contributed by atoms with Gasteiger partial charge in [-0.1, -0.05) is 0 Å². The zero-order valence-electron chi connectivity index (χ0n) is 10.7. The van der Waals surface area contributed by atoms with E-state index in [2.05, 4.69) is 5.32 Å². The third-order valence-electron chi connectivity index (χ3n) is 3.41. The Labute approximate surface area is 102 Å². The van der Waals surface area contributed by atoms with Gasteiger partial charge < -0.3 is 20.5 Å². The number of nitrogens with one attached hydrogen (secondary N) is 1. The molecule has 1 heterocycles. The van der Waals surface area contributed by atoms with Crippen LogP contribution in [0.1, 0.15) is 27.2 Å². The first kappa shape index (κ1) is 12.8. The van der Waals surface area contributed by atoms with Crippen LogP contribution in [0, 0.1) is 5.92 Å². The smallest absolute Gasteiger partial charge is 0.246 e. The lowest BCUT2D eigenvalue weighted by molar-refractivity contribution is -0.134. The molecule has 3 N–H and O–H groups in total. The summed E-state index contributed by atoms with van der Waals surface area (Å²) >= 11 is 0. The number of hydrogen-bond acceptors (Lipinski definition) is 4. The highest BCUT2D eigenvalue weighted by atomic mass is 16.5. The predicted molar refractivity (Wildman–Crippen MR) is 63.5 cm³/mol. The highest BCUT2D eigenvalue weighted by Crippen LogP contribution is 2.37. The van der Waals surface area contributed by atoms with Crippen molar-refractivity contribution in [3.05, 3.63) is 0 Å². The van der Waals surface area contributed by atoms with Crippen LogP contribution in [0.2, 0.25) is 0 Å². The second-order valence-electron chi connectivity index (χ2n) is 5.86. The summed E-state index contributed by atoms with van der Waals surface area (Å²) in [5, 5.41) is 2.90. The molecule has 2 aliphatic rings. The zero-order chi connectivity index (χ0) is 12.6. The standard InChI is InChI=1S/C12H22N2O3/c1-12(2,3)17-6-8(15)14-10-9(13)7-4-5-16-11(7)10/h7,9-11H,4-6,13H2,1-3H3,(H,14,15). The summed E-state index contributed by atoms with van der Waals surface area (Å²) in [6.07, 6.45) is 1.13. The molecule has 4 atom stereocenters. The number of ether oxygens (including phenoxy) is 2. The molecule has 2 fully saturated rings. The van der Waals surface area contributed by atoms with E-state index in [1.54, 1.807) is 0 Å². The molecule has 17 heavy (non-hydrogen) atoms. The third-order valence-corrected chi connectivity index (χ3v) is 3.41. The number of fused-ring (bicyclic) bond motifs is 1. The summed E-state index contributed by atoms with van der Waals surface area (Å²) in [5.41, 5.74) is 5.70. The minimum absolute atomic E-state index is 0.0288. The van der Waals surface area contributed by atoms with Crippen LogP contribution in [0.5, 0.6) is 0 Å². The molecule has 0 aromatic rings. The van der Waals surface area contributed by atoms with Crippen molar-refractivity contribution in [1.29, 1.82) is 0 Å². The molecule has 4 unspecified atom stereocenters. The monoisotopic (exact) mass is 242 g/mol. The average Bonchev–Trinajstić information content (AvgIpc) is 2.66. The van der Waals surface area contributed by atoms with Crippen LogP contribution in [0.25, 0.3) is 0 Å². The molecule has 2 rings (SSSR count). The van der Waals surface area contributed by atoms with Gasteiger partial charge in [-0.05, 0) is 27.2 Å². The maximum Gasteiger partial charge on any atom is 0.246 e. The van der Waals surface area contributed by atoms with Gasteiger partial charge in [0.1, 0.15) is 6.61 Å². The average molecular weight is 242 g/mol. The molecule has 5 heteroatoms. The van der Waals surface area contributed by atoms with Crippen molar-refractivity contribution in [2.45, 2.75) is 51.0 Å². The van der Waals surface area contributed by atoms with Crippen LogP contribution in [0.4, 0.5) is 0 Å². The molecular formula is C12H22N2O3.